The second kappa shape index (κ2) is 7.11. The molecule has 0 radical (unpaired) electrons. The summed E-state index contributed by atoms with van der Waals surface area (Å²) in [6.45, 7) is 1.79. The highest BCUT2D eigenvalue weighted by atomic mass is 19.1. The molecule has 2 aromatic carbocycles. The topological polar surface area (TPSA) is 85.3 Å². The third kappa shape index (κ3) is 3.55. The summed E-state index contributed by atoms with van der Waals surface area (Å²) in [6, 6.07) is 17.2. The van der Waals surface area contributed by atoms with Crippen molar-refractivity contribution in [3.05, 3.63) is 78.2 Å². The Morgan fingerprint density at radius 1 is 1.04 bits per heavy atom. The lowest BCUT2D eigenvalue weighted by atomic mass is 10.00. The van der Waals surface area contributed by atoms with Crippen LogP contribution < -0.4 is 11.1 Å². The van der Waals surface area contributed by atoms with Crippen LogP contribution in [0.1, 0.15) is 18.4 Å². The lowest BCUT2D eigenvalue weighted by Crippen LogP contribution is -2.18. The third-order valence-corrected chi connectivity index (χ3v) is 4.60. The number of hydrogen-bond donors (Lipinski definition) is 2. The number of halogens is 1. The molecule has 2 heterocycles. The third-order valence-electron chi connectivity index (χ3n) is 4.60. The second-order valence-electron chi connectivity index (χ2n) is 6.53. The molecule has 0 fully saturated rings. The number of benzene rings is 2. The molecule has 2 aromatic heterocycles. The molecule has 7 heteroatoms. The van der Waals surface area contributed by atoms with Gasteiger partial charge in [0.25, 0.3) is 0 Å². The fourth-order valence-corrected chi connectivity index (χ4v) is 2.97. The van der Waals surface area contributed by atoms with E-state index >= 15 is 0 Å². The molecule has 1 amide bonds. The summed E-state index contributed by atoms with van der Waals surface area (Å²) in [5.41, 5.74) is 9.67. The van der Waals surface area contributed by atoms with Gasteiger partial charge in [-0.2, -0.15) is 4.98 Å². The monoisotopic (exact) mass is 375 g/mol. The van der Waals surface area contributed by atoms with Gasteiger partial charge in [0.2, 0.25) is 11.9 Å². The fourth-order valence-electron chi connectivity index (χ4n) is 2.97. The molecule has 0 saturated heterocycles. The maximum Gasteiger partial charge on any atom is 0.240 e. The highest BCUT2D eigenvalue weighted by Gasteiger charge is 2.15. The zero-order valence-corrected chi connectivity index (χ0v) is 15.1. The normalized spacial score (nSPS) is 12.1. The SMILES string of the molecule is CC(C(=O)Nc1ccc(-c2ccc3nc(N)nn3c2)cc1)c1ccc(F)cc1. The van der Waals surface area contributed by atoms with Crippen LogP contribution in [0.3, 0.4) is 0 Å². The molecule has 0 bridgehead atoms. The number of anilines is 2. The molecule has 4 rings (SSSR count). The summed E-state index contributed by atoms with van der Waals surface area (Å²) in [4.78, 5) is 16.6. The Balaban J connectivity index is 1.49. The number of nitrogens with two attached hydrogens (primary N) is 1. The van der Waals surface area contributed by atoms with Crippen molar-refractivity contribution in [3.63, 3.8) is 0 Å². The Kier molecular flexibility index (Phi) is 4.49. The van der Waals surface area contributed by atoms with E-state index in [1.54, 1.807) is 23.6 Å². The summed E-state index contributed by atoms with van der Waals surface area (Å²) in [5, 5.41) is 7.00. The van der Waals surface area contributed by atoms with Crippen LogP contribution >= 0.6 is 0 Å². The number of nitrogens with one attached hydrogen (secondary N) is 1. The number of rotatable bonds is 4. The number of nitrogen functional groups attached to an aromatic ring is 1. The van der Waals surface area contributed by atoms with Crippen LogP contribution in [0.2, 0.25) is 0 Å². The van der Waals surface area contributed by atoms with E-state index in [2.05, 4.69) is 15.4 Å². The van der Waals surface area contributed by atoms with Crippen molar-refractivity contribution in [3.8, 4) is 11.1 Å². The Morgan fingerprint density at radius 3 is 2.43 bits per heavy atom. The summed E-state index contributed by atoms with van der Waals surface area (Å²) < 4.78 is 14.7. The van der Waals surface area contributed by atoms with Crippen molar-refractivity contribution in [1.82, 2.24) is 14.6 Å². The molecule has 28 heavy (non-hydrogen) atoms. The van der Waals surface area contributed by atoms with Crippen LogP contribution in [0.15, 0.2) is 66.9 Å². The molecule has 3 N–H and O–H groups in total. The Morgan fingerprint density at radius 2 is 1.71 bits per heavy atom. The largest absolute Gasteiger partial charge is 0.366 e. The highest BCUT2D eigenvalue weighted by Crippen LogP contribution is 2.23. The van der Waals surface area contributed by atoms with Crippen LogP contribution in [-0.4, -0.2) is 20.5 Å². The van der Waals surface area contributed by atoms with E-state index in [9.17, 15) is 9.18 Å². The minimum atomic E-state index is -0.388. The second-order valence-corrected chi connectivity index (χ2v) is 6.53. The highest BCUT2D eigenvalue weighted by molar-refractivity contribution is 5.95. The van der Waals surface area contributed by atoms with E-state index in [1.807, 2.05) is 42.6 Å². The van der Waals surface area contributed by atoms with Gasteiger partial charge in [-0.1, -0.05) is 24.3 Å². The van der Waals surface area contributed by atoms with E-state index < -0.39 is 0 Å². The van der Waals surface area contributed by atoms with Crippen molar-refractivity contribution in [2.75, 3.05) is 11.1 Å². The molecule has 1 unspecified atom stereocenters. The zero-order chi connectivity index (χ0) is 19.7. The van der Waals surface area contributed by atoms with Crippen LogP contribution in [0.25, 0.3) is 16.8 Å². The molecule has 0 aliphatic carbocycles. The maximum absolute atomic E-state index is 13.0. The number of carbonyl (C=O) groups is 1. The van der Waals surface area contributed by atoms with E-state index in [0.29, 0.717) is 11.3 Å². The molecule has 1 atom stereocenters. The van der Waals surface area contributed by atoms with Gasteiger partial charge in [0.05, 0.1) is 5.92 Å². The van der Waals surface area contributed by atoms with E-state index in [-0.39, 0.29) is 23.6 Å². The quantitative estimate of drug-likeness (QED) is 0.567. The molecule has 0 aliphatic rings. The molecular formula is C21H18FN5O. The number of amides is 1. The predicted molar refractivity (Wildman–Crippen MR) is 106 cm³/mol. The van der Waals surface area contributed by atoms with Gasteiger partial charge in [-0.05, 0) is 54.4 Å². The first-order chi connectivity index (χ1) is 13.5. The fraction of sp³-hybridized carbons (Fsp3) is 0.0952. The van der Waals surface area contributed by atoms with E-state index in [4.69, 9.17) is 5.73 Å². The number of fused-ring (bicyclic) bond motifs is 1. The number of pyridine rings is 1. The van der Waals surface area contributed by atoms with Gasteiger partial charge >= 0.3 is 0 Å². The van der Waals surface area contributed by atoms with Crippen molar-refractivity contribution in [2.45, 2.75) is 12.8 Å². The first kappa shape index (κ1) is 17.7. The lowest BCUT2D eigenvalue weighted by Gasteiger charge is -2.13. The summed E-state index contributed by atoms with van der Waals surface area (Å²) in [5.74, 6) is -0.636. The summed E-state index contributed by atoms with van der Waals surface area (Å²) >= 11 is 0. The van der Waals surface area contributed by atoms with Gasteiger partial charge in [0.15, 0.2) is 5.65 Å². The van der Waals surface area contributed by atoms with Crippen LogP contribution in [-0.2, 0) is 4.79 Å². The number of carbonyl (C=O) groups excluding carboxylic acids is 1. The smallest absolute Gasteiger partial charge is 0.240 e. The average Bonchev–Trinajstić information content (AvgIpc) is 3.07. The van der Waals surface area contributed by atoms with Gasteiger partial charge in [-0.15, -0.1) is 5.10 Å². The van der Waals surface area contributed by atoms with Gasteiger partial charge < -0.3 is 11.1 Å². The van der Waals surface area contributed by atoms with Crippen molar-refractivity contribution in [1.29, 1.82) is 0 Å². The minimum absolute atomic E-state index is 0.154. The molecule has 0 saturated carbocycles. The van der Waals surface area contributed by atoms with Gasteiger partial charge in [0, 0.05) is 17.4 Å². The molecule has 4 aromatic rings. The zero-order valence-electron chi connectivity index (χ0n) is 15.1. The van der Waals surface area contributed by atoms with Gasteiger partial charge in [-0.25, -0.2) is 8.91 Å². The van der Waals surface area contributed by atoms with Crippen molar-refractivity contribution >= 4 is 23.2 Å². The maximum atomic E-state index is 13.0. The number of hydrogen-bond acceptors (Lipinski definition) is 4. The summed E-state index contributed by atoms with van der Waals surface area (Å²) in [6.07, 6.45) is 1.85. The van der Waals surface area contributed by atoms with Crippen molar-refractivity contribution in [2.24, 2.45) is 0 Å². The molecule has 140 valence electrons. The molecular weight excluding hydrogens is 357 g/mol. The predicted octanol–water partition coefficient (Wildman–Crippen LogP) is 3.86. The van der Waals surface area contributed by atoms with Crippen LogP contribution in [0, 0.1) is 5.82 Å². The van der Waals surface area contributed by atoms with Crippen LogP contribution in [0.5, 0.6) is 0 Å². The number of aromatic nitrogens is 3. The molecule has 6 nitrogen and oxygen atoms in total. The van der Waals surface area contributed by atoms with Gasteiger partial charge in [-0.3, -0.25) is 4.79 Å². The Hall–Kier alpha value is -3.74. The van der Waals surface area contributed by atoms with E-state index in [0.717, 1.165) is 16.7 Å². The van der Waals surface area contributed by atoms with Gasteiger partial charge in [0.1, 0.15) is 5.82 Å². The number of nitrogens with zero attached hydrogens (tertiary/aromatic N) is 3. The Labute approximate surface area is 160 Å². The summed E-state index contributed by atoms with van der Waals surface area (Å²) in [7, 11) is 0. The minimum Gasteiger partial charge on any atom is -0.366 e. The Bertz CT molecular complexity index is 1140. The van der Waals surface area contributed by atoms with Crippen molar-refractivity contribution < 1.29 is 9.18 Å². The molecule has 0 aliphatic heterocycles. The molecule has 0 spiro atoms. The lowest BCUT2D eigenvalue weighted by molar-refractivity contribution is -0.117. The first-order valence-electron chi connectivity index (χ1n) is 8.78. The standard InChI is InChI=1S/C21H18FN5O/c1-13(14-2-7-17(22)8-3-14)20(28)24-18-9-4-15(5-10-18)16-6-11-19-25-21(23)26-27(19)12-16/h2-13H,1H3,(H2,23,26)(H,24,28). The van der Waals surface area contributed by atoms with Crippen LogP contribution in [0.4, 0.5) is 16.0 Å². The average molecular weight is 375 g/mol. The first-order valence-corrected chi connectivity index (χ1v) is 8.78. The van der Waals surface area contributed by atoms with E-state index in [1.165, 1.54) is 12.1 Å².